The molecular formula is C16H13F2N3. The van der Waals surface area contributed by atoms with Crippen molar-refractivity contribution in [1.29, 1.82) is 0 Å². The summed E-state index contributed by atoms with van der Waals surface area (Å²) in [6.07, 6.45) is 0.826. The Hall–Kier alpha value is -2.43. The van der Waals surface area contributed by atoms with Gasteiger partial charge in [0.2, 0.25) is 0 Å². The Bertz CT molecular complexity index is 826. The maximum absolute atomic E-state index is 13.7. The third kappa shape index (κ3) is 1.96. The molecule has 0 radical (unpaired) electrons. The van der Waals surface area contributed by atoms with Crippen LogP contribution in [-0.4, -0.2) is 16.5 Å². The number of nitrogens with zero attached hydrogens (tertiary/aromatic N) is 1. The number of para-hydroxylation sites is 1. The first-order chi connectivity index (χ1) is 10.2. The van der Waals surface area contributed by atoms with E-state index in [1.165, 1.54) is 11.6 Å². The minimum atomic E-state index is -0.890. The number of benzene rings is 2. The van der Waals surface area contributed by atoms with Gasteiger partial charge >= 0.3 is 0 Å². The van der Waals surface area contributed by atoms with Gasteiger partial charge in [-0.05, 0) is 30.2 Å². The average molecular weight is 285 g/mol. The minimum Gasteiger partial charge on any atom is -0.384 e. The summed E-state index contributed by atoms with van der Waals surface area (Å²) in [5.41, 5.74) is 2.94. The number of aromatic amines is 1. The summed E-state index contributed by atoms with van der Waals surface area (Å²) in [5, 5.41) is 3.35. The normalized spacial score (nSPS) is 17.5. The van der Waals surface area contributed by atoms with Crippen LogP contribution in [0.3, 0.4) is 0 Å². The van der Waals surface area contributed by atoms with Gasteiger partial charge in [-0.15, -0.1) is 0 Å². The third-order valence-corrected chi connectivity index (χ3v) is 3.97. The lowest BCUT2D eigenvalue weighted by molar-refractivity contribution is 0.515. The molecule has 0 saturated heterocycles. The van der Waals surface area contributed by atoms with Crippen LogP contribution in [0.5, 0.6) is 0 Å². The second-order valence-electron chi connectivity index (χ2n) is 5.32. The van der Waals surface area contributed by atoms with Crippen molar-refractivity contribution in [3.05, 3.63) is 59.4 Å². The molecule has 2 N–H and O–H groups in total. The van der Waals surface area contributed by atoms with Crippen molar-refractivity contribution in [2.75, 3.05) is 11.9 Å². The number of rotatable bonds is 1. The first-order valence-electron chi connectivity index (χ1n) is 6.88. The summed E-state index contributed by atoms with van der Waals surface area (Å²) < 4.78 is 27.0. The molecule has 0 saturated carbocycles. The van der Waals surface area contributed by atoms with E-state index in [2.05, 4.69) is 21.4 Å². The fourth-order valence-electron chi connectivity index (χ4n) is 2.86. The lowest BCUT2D eigenvalue weighted by atomic mass is 9.93. The number of nitrogens with one attached hydrogen (secondary N) is 2. The summed E-state index contributed by atoms with van der Waals surface area (Å²) in [6, 6.07) is 10.7. The molecule has 2 aromatic carbocycles. The summed E-state index contributed by atoms with van der Waals surface area (Å²) >= 11 is 0. The Balaban J connectivity index is 1.73. The van der Waals surface area contributed by atoms with Crippen molar-refractivity contribution >= 4 is 16.7 Å². The fraction of sp³-hybridized carbons (Fsp3) is 0.188. The summed E-state index contributed by atoms with van der Waals surface area (Å²) in [5.74, 6) is -0.946. The molecule has 21 heavy (non-hydrogen) atoms. The number of aromatic nitrogens is 2. The molecule has 0 bridgehead atoms. The number of H-pyrrole nitrogens is 1. The highest BCUT2D eigenvalue weighted by molar-refractivity contribution is 5.76. The van der Waals surface area contributed by atoms with Crippen molar-refractivity contribution in [3.63, 3.8) is 0 Å². The predicted molar refractivity (Wildman–Crippen MR) is 77.4 cm³/mol. The standard InChI is InChI=1S/C16H13F2N3/c17-11-5-6-13-15(14(11)18)21-16(20-13)10-7-9-3-1-2-4-12(9)19-8-10/h1-6,10,19H,7-8H2,(H,20,21). The van der Waals surface area contributed by atoms with Gasteiger partial charge in [0, 0.05) is 18.2 Å². The molecule has 3 nitrogen and oxygen atoms in total. The topological polar surface area (TPSA) is 40.7 Å². The van der Waals surface area contributed by atoms with Crippen molar-refractivity contribution in [2.45, 2.75) is 12.3 Å². The highest BCUT2D eigenvalue weighted by atomic mass is 19.2. The number of anilines is 1. The zero-order valence-corrected chi connectivity index (χ0v) is 11.2. The molecule has 0 amide bonds. The van der Waals surface area contributed by atoms with E-state index in [9.17, 15) is 8.78 Å². The number of hydrogen-bond acceptors (Lipinski definition) is 2. The highest BCUT2D eigenvalue weighted by Gasteiger charge is 2.23. The summed E-state index contributed by atoms with van der Waals surface area (Å²) in [7, 11) is 0. The Morgan fingerprint density at radius 2 is 1.95 bits per heavy atom. The molecule has 0 spiro atoms. The van der Waals surface area contributed by atoms with Crippen LogP contribution in [0.15, 0.2) is 36.4 Å². The van der Waals surface area contributed by atoms with Crippen LogP contribution in [0.1, 0.15) is 17.3 Å². The molecule has 4 rings (SSSR count). The van der Waals surface area contributed by atoms with Gasteiger partial charge in [0.25, 0.3) is 0 Å². The van der Waals surface area contributed by atoms with E-state index in [1.807, 2.05) is 18.2 Å². The fourth-order valence-corrected chi connectivity index (χ4v) is 2.86. The van der Waals surface area contributed by atoms with Gasteiger partial charge in [0.1, 0.15) is 11.3 Å². The van der Waals surface area contributed by atoms with E-state index in [4.69, 9.17) is 0 Å². The van der Waals surface area contributed by atoms with Crippen molar-refractivity contribution in [2.24, 2.45) is 0 Å². The number of halogens is 2. The molecule has 3 aromatic rings. The molecule has 1 unspecified atom stereocenters. The maximum Gasteiger partial charge on any atom is 0.186 e. The second kappa shape index (κ2) is 4.55. The van der Waals surface area contributed by atoms with Gasteiger partial charge in [0.05, 0.1) is 5.52 Å². The van der Waals surface area contributed by atoms with Crippen LogP contribution in [0, 0.1) is 11.6 Å². The Kier molecular flexibility index (Phi) is 2.67. The monoisotopic (exact) mass is 285 g/mol. The molecular weight excluding hydrogens is 272 g/mol. The lowest BCUT2D eigenvalue weighted by Crippen LogP contribution is -2.22. The quantitative estimate of drug-likeness (QED) is 0.717. The van der Waals surface area contributed by atoms with Gasteiger partial charge < -0.3 is 10.3 Å². The molecule has 1 aliphatic heterocycles. The smallest absolute Gasteiger partial charge is 0.186 e. The molecule has 106 valence electrons. The first-order valence-corrected chi connectivity index (χ1v) is 6.88. The SMILES string of the molecule is Fc1ccc2[nH]c(C3CNc4ccccc4C3)nc2c1F. The van der Waals surface area contributed by atoms with Crippen LogP contribution in [0.25, 0.3) is 11.0 Å². The molecule has 2 heterocycles. The van der Waals surface area contributed by atoms with E-state index in [-0.39, 0.29) is 11.4 Å². The summed E-state index contributed by atoms with van der Waals surface area (Å²) in [6.45, 7) is 0.723. The molecule has 1 aromatic heterocycles. The first kappa shape index (κ1) is 12.3. The van der Waals surface area contributed by atoms with Crippen LogP contribution < -0.4 is 5.32 Å². The minimum absolute atomic E-state index is 0.0730. The second-order valence-corrected chi connectivity index (χ2v) is 5.32. The van der Waals surface area contributed by atoms with Crippen molar-refractivity contribution < 1.29 is 8.78 Å². The molecule has 5 heteroatoms. The Labute approximate surface area is 120 Å². The largest absolute Gasteiger partial charge is 0.384 e. The van der Waals surface area contributed by atoms with Crippen LogP contribution in [0.2, 0.25) is 0 Å². The zero-order valence-electron chi connectivity index (χ0n) is 11.2. The summed E-state index contributed by atoms with van der Waals surface area (Å²) in [4.78, 5) is 7.37. The molecule has 1 aliphatic rings. The lowest BCUT2D eigenvalue weighted by Gasteiger charge is -2.24. The van der Waals surface area contributed by atoms with Gasteiger partial charge in [0.15, 0.2) is 11.6 Å². The van der Waals surface area contributed by atoms with Crippen molar-refractivity contribution in [3.8, 4) is 0 Å². The third-order valence-electron chi connectivity index (χ3n) is 3.97. The van der Waals surface area contributed by atoms with E-state index >= 15 is 0 Å². The van der Waals surface area contributed by atoms with Crippen LogP contribution >= 0.6 is 0 Å². The Morgan fingerprint density at radius 1 is 1.10 bits per heavy atom. The van der Waals surface area contributed by atoms with E-state index in [1.54, 1.807) is 0 Å². The van der Waals surface area contributed by atoms with Crippen molar-refractivity contribution in [1.82, 2.24) is 9.97 Å². The average Bonchev–Trinajstić information content (AvgIpc) is 2.95. The molecule has 1 atom stereocenters. The van der Waals surface area contributed by atoms with E-state index < -0.39 is 11.6 Å². The molecule has 0 fully saturated rings. The van der Waals surface area contributed by atoms with E-state index in [0.717, 1.165) is 24.7 Å². The van der Waals surface area contributed by atoms with Gasteiger partial charge in [-0.1, -0.05) is 18.2 Å². The number of hydrogen-bond donors (Lipinski definition) is 2. The molecule has 0 aliphatic carbocycles. The Morgan fingerprint density at radius 3 is 2.86 bits per heavy atom. The van der Waals surface area contributed by atoms with Crippen LogP contribution in [0.4, 0.5) is 14.5 Å². The number of fused-ring (bicyclic) bond motifs is 2. The van der Waals surface area contributed by atoms with Gasteiger partial charge in [-0.3, -0.25) is 0 Å². The highest BCUT2D eigenvalue weighted by Crippen LogP contribution is 2.30. The predicted octanol–water partition coefficient (Wildman–Crippen LogP) is 3.59. The van der Waals surface area contributed by atoms with Gasteiger partial charge in [-0.2, -0.15) is 0 Å². The van der Waals surface area contributed by atoms with E-state index in [0.29, 0.717) is 11.3 Å². The number of imidazole rings is 1. The maximum atomic E-state index is 13.7. The zero-order chi connectivity index (χ0) is 14.4. The van der Waals surface area contributed by atoms with Gasteiger partial charge in [-0.25, -0.2) is 13.8 Å². The van der Waals surface area contributed by atoms with Crippen LogP contribution in [-0.2, 0) is 6.42 Å².